The summed E-state index contributed by atoms with van der Waals surface area (Å²) in [7, 11) is 0. The van der Waals surface area contributed by atoms with Crippen molar-refractivity contribution in [2.45, 2.75) is 13.0 Å². The van der Waals surface area contributed by atoms with Crippen LogP contribution in [0.5, 0.6) is 0 Å². The summed E-state index contributed by atoms with van der Waals surface area (Å²) < 4.78 is 1.71. The maximum atomic E-state index is 11.0. The molecule has 0 saturated heterocycles. The van der Waals surface area contributed by atoms with Crippen LogP contribution < -0.4 is 0 Å². The molecule has 0 atom stereocenters. The van der Waals surface area contributed by atoms with E-state index in [1.807, 2.05) is 18.2 Å². The van der Waals surface area contributed by atoms with E-state index in [0.29, 0.717) is 11.9 Å². The van der Waals surface area contributed by atoms with Crippen LogP contribution in [-0.2, 0) is 6.54 Å². The monoisotopic (exact) mass is 216 g/mol. The number of para-hydroxylation sites is 1. The van der Waals surface area contributed by atoms with E-state index in [9.17, 15) is 4.79 Å². The molecule has 4 nitrogen and oxygen atoms in total. The van der Waals surface area contributed by atoms with Gasteiger partial charge in [-0.2, -0.15) is 5.10 Å². The topological polar surface area (TPSA) is 55.1 Å². The van der Waals surface area contributed by atoms with Crippen molar-refractivity contribution in [3.63, 3.8) is 0 Å². The van der Waals surface area contributed by atoms with Gasteiger partial charge < -0.3 is 5.11 Å². The zero-order chi connectivity index (χ0) is 11.5. The molecule has 1 N–H and O–H groups in total. The van der Waals surface area contributed by atoms with Crippen molar-refractivity contribution in [2.24, 2.45) is 0 Å². The highest BCUT2D eigenvalue weighted by Gasteiger charge is 2.14. The van der Waals surface area contributed by atoms with E-state index in [1.54, 1.807) is 16.8 Å². The Morgan fingerprint density at radius 2 is 2.25 bits per heavy atom. The fraction of sp³-hybridized carbons (Fsp3) is 0.167. The van der Waals surface area contributed by atoms with Gasteiger partial charge in [-0.05, 0) is 12.5 Å². The van der Waals surface area contributed by atoms with Gasteiger partial charge >= 0.3 is 5.97 Å². The van der Waals surface area contributed by atoms with E-state index in [0.717, 1.165) is 11.9 Å². The minimum absolute atomic E-state index is 0.111. The molecule has 2 aromatic rings. The van der Waals surface area contributed by atoms with Crippen LogP contribution in [-0.4, -0.2) is 20.9 Å². The number of allylic oxidation sites excluding steroid dienone is 1. The fourth-order valence-electron chi connectivity index (χ4n) is 1.67. The third-order valence-corrected chi connectivity index (χ3v) is 2.41. The molecule has 16 heavy (non-hydrogen) atoms. The summed E-state index contributed by atoms with van der Waals surface area (Å²) in [6, 6.07) is 7.34. The Morgan fingerprint density at radius 3 is 2.94 bits per heavy atom. The average Bonchev–Trinajstić information content (AvgIpc) is 2.65. The highest BCUT2D eigenvalue weighted by Crippen LogP contribution is 2.18. The number of carboxylic acids is 1. The van der Waals surface area contributed by atoms with Crippen LogP contribution in [0.25, 0.3) is 10.9 Å². The molecule has 0 unspecified atom stereocenters. The van der Waals surface area contributed by atoms with Gasteiger partial charge in [-0.15, -0.1) is 6.58 Å². The van der Waals surface area contributed by atoms with E-state index < -0.39 is 5.97 Å². The zero-order valence-corrected chi connectivity index (χ0v) is 8.76. The van der Waals surface area contributed by atoms with Gasteiger partial charge in [0.15, 0.2) is 5.69 Å². The number of rotatable bonds is 4. The summed E-state index contributed by atoms with van der Waals surface area (Å²) in [6.07, 6.45) is 2.56. The smallest absolute Gasteiger partial charge is 0.357 e. The number of fused-ring (bicyclic) bond motifs is 1. The summed E-state index contributed by atoms with van der Waals surface area (Å²) in [6.45, 7) is 4.29. The Labute approximate surface area is 92.8 Å². The third-order valence-electron chi connectivity index (χ3n) is 2.41. The lowest BCUT2D eigenvalue weighted by atomic mass is 10.2. The first kappa shape index (κ1) is 10.4. The molecule has 2 rings (SSSR count). The first-order chi connectivity index (χ1) is 7.74. The lowest BCUT2D eigenvalue weighted by Gasteiger charge is -1.99. The SMILES string of the molecule is C=CCCn1nc(C(=O)O)c2ccccc21. The summed E-state index contributed by atoms with van der Waals surface area (Å²) in [5.74, 6) is -0.992. The summed E-state index contributed by atoms with van der Waals surface area (Å²) >= 11 is 0. The second-order valence-electron chi connectivity index (χ2n) is 3.47. The molecular weight excluding hydrogens is 204 g/mol. The van der Waals surface area contributed by atoms with Gasteiger partial charge in [0, 0.05) is 11.9 Å². The normalized spacial score (nSPS) is 10.5. The van der Waals surface area contributed by atoms with E-state index in [1.165, 1.54) is 0 Å². The molecule has 0 amide bonds. The maximum absolute atomic E-state index is 11.0. The van der Waals surface area contributed by atoms with Gasteiger partial charge in [0.05, 0.1) is 5.52 Å². The molecule has 4 heteroatoms. The molecule has 1 aromatic heterocycles. The second kappa shape index (κ2) is 4.18. The predicted molar refractivity (Wildman–Crippen MR) is 61.5 cm³/mol. The Kier molecular flexibility index (Phi) is 2.72. The largest absolute Gasteiger partial charge is 0.476 e. The molecule has 0 radical (unpaired) electrons. The van der Waals surface area contributed by atoms with Crippen molar-refractivity contribution in [1.29, 1.82) is 0 Å². The standard InChI is InChI=1S/C12H12N2O2/c1-2-3-8-14-10-7-5-4-6-9(10)11(13-14)12(15)16/h2,4-7H,1,3,8H2,(H,15,16). The average molecular weight is 216 g/mol. The third kappa shape index (κ3) is 1.69. The van der Waals surface area contributed by atoms with Gasteiger partial charge in [0.25, 0.3) is 0 Å². The molecule has 0 bridgehead atoms. The van der Waals surface area contributed by atoms with Crippen LogP contribution in [0.1, 0.15) is 16.9 Å². The van der Waals surface area contributed by atoms with Gasteiger partial charge in [-0.3, -0.25) is 4.68 Å². The molecule has 0 spiro atoms. The van der Waals surface area contributed by atoms with Gasteiger partial charge in [0.1, 0.15) is 0 Å². The quantitative estimate of drug-likeness (QED) is 0.798. The summed E-state index contributed by atoms with van der Waals surface area (Å²) in [4.78, 5) is 11.0. The Balaban J connectivity index is 2.57. The summed E-state index contributed by atoms with van der Waals surface area (Å²) in [5, 5.41) is 13.8. The number of aromatic carboxylic acids is 1. The van der Waals surface area contributed by atoms with Crippen LogP contribution >= 0.6 is 0 Å². The van der Waals surface area contributed by atoms with E-state index in [2.05, 4.69) is 11.7 Å². The lowest BCUT2D eigenvalue weighted by molar-refractivity contribution is 0.0691. The van der Waals surface area contributed by atoms with Crippen LogP contribution in [0.3, 0.4) is 0 Å². The van der Waals surface area contributed by atoms with Gasteiger partial charge in [-0.25, -0.2) is 4.79 Å². The van der Waals surface area contributed by atoms with Crippen LogP contribution in [0.4, 0.5) is 0 Å². The molecule has 0 aliphatic carbocycles. The van der Waals surface area contributed by atoms with Crippen molar-refractivity contribution < 1.29 is 9.90 Å². The Hall–Kier alpha value is -2.10. The number of hydrogen-bond acceptors (Lipinski definition) is 2. The van der Waals surface area contributed by atoms with Gasteiger partial charge in [-0.1, -0.05) is 24.3 Å². The van der Waals surface area contributed by atoms with E-state index in [-0.39, 0.29) is 5.69 Å². The number of aromatic nitrogens is 2. The minimum atomic E-state index is -0.992. The Morgan fingerprint density at radius 1 is 1.50 bits per heavy atom. The number of carboxylic acid groups (broad SMARTS) is 1. The maximum Gasteiger partial charge on any atom is 0.357 e. The van der Waals surface area contributed by atoms with Gasteiger partial charge in [0.2, 0.25) is 0 Å². The van der Waals surface area contributed by atoms with Crippen molar-refractivity contribution in [2.75, 3.05) is 0 Å². The molecule has 0 fully saturated rings. The van der Waals surface area contributed by atoms with Crippen molar-refractivity contribution in [3.05, 3.63) is 42.6 Å². The lowest BCUT2D eigenvalue weighted by Crippen LogP contribution is -2.02. The number of benzene rings is 1. The van der Waals surface area contributed by atoms with Crippen LogP contribution in [0.15, 0.2) is 36.9 Å². The van der Waals surface area contributed by atoms with Crippen molar-refractivity contribution >= 4 is 16.9 Å². The molecule has 0 saturated carbocycles. The number of aryl methyl sites for hydroxylation is 1. The second-order valence-corrected chi connectivity index (χ2v) is 3.47. The highest BCUT2D eigenvalue weighted by atomic mass is 16.4. The van der Waals surface area contributed by atoms with E-state index in [4.69, 9.17) is 5.11 Å². The Bertz CT molecular complexity index is 543. The molecule has 1 aromatic carbocycles. The predicted octanol–water partition coefficient (Wildman–Crippen LogP) is 2.31. The number of nitrogens with zero attached hydrogens (tertiary/aromatic N) is 2. The molecule has 0 aliphatic rings. The van der Waals surface area contributed by atoms with Crippen LogP contribution in [0, 0.1) is 0 Å². The zero-order valence-electron chi connectivity index (χ0n) is 8.76. The number of hydrogen-bond donors (Lipinski definition) is 1. The summed E-state index contributed by atoms with van der Waals surface area (Å²) in [5.41, 5.74) is 0.960. The van der Waals surface area contributed by atoms with Crippen molar-refractivity contribution in [1.82, 2.24) is 9.78 Å². The minimum Gasteiger partial charge on any atom is -0.476 e. The number of carbonyl (C=O) groups is 1. The van der Waals surface area contributed by atoms with E-state index >= 15 is 0 Å². The highest BCUT2D eigenvalue weighted by molar-refractivity contribution is 6.01. The molecule has 82 valence electrons. The fourth-order valence-corrected chi connectivity index (χ4v) is 1.67. The molecule has 0 aliphatic heterocycles. The van der Waals surface area contributed by atoms with Crippen LogP contribution in [0.2, 0.25) is 0 Å². The van der Waals surface area contributed by atoms with Crippen molar-refractivity contribution in [3.8, 4) is 0 Å². The molecular formula is C12H12N2O2. The first-order valence-corrected chi connectivity index (χ1v) is 5.04. The molecule has 1 heterocycles. The first-order valence-electron chi connectivity index (χ1n) is 5.04.